The molecule has 2 heterocycles. The SMILES string of the molecule is CC(=Nc1ncccc1C)c1c(C)[nH]n(-c2ccc(F)cc2)c1=O. The monoisotopic (exact) mass is 324 g/mol. The zero-order valence-corrected chi connectivity index (χ0v) is 13.7. The Morgan fingerprint density at radius 1 is 1.21 bits per heavy atom. The van der Waals surface area contributed by atoms with Crippen molar-refractivity contribution >= 4 is 11.5 Å². The quantitative estimate of drug-likeness (QED) is 0.750. The van der Waals surface area contributed by atoms with E-state index in [0.717, 1.165) is 5.56 Å². The Balaban J connectivity index is 2.08. The summed E-state index contributed by atoms with van der Waals surface area (Å²) in [5, 5.41) is 3.01. The fourth-order valence-corrected chi connectivity index (χ4v) is 2.55. The van der Waals surface area contributed by atoms with Crippen molar-refractivity contribution in [2.45, 2.75) is 20.8 Å². The normalized spacial score (nSPS) is 11.8. The van der Waals surface area contributed by atoms with Crippen LogP contribution in [0.15, 0.2) is 52.4 Å². The molecular weight excluding hydrogens is 307 g/mol. The van der Waals surface area contributed by atoms with E-state index in [2.05, 4.69) is 15.1 Å². The minimum Gasteiger partial charge on any atom is -0.295 e. The summed E-state index contributed by atoms with van der Waals surface area (Å²) in [6, 6.07) is 9.48. The first-order valence-electron chi connectivity index (χ1n) is 7.52. The smallest absolute Gasteiger partial charge is 0.280 e. The maximum Gasteiger partial charge on any atom is 0.280 e. The van der Waals surface area contributed by atoms with Crippen molar-refractivity contribution in [1.82, 2.24) is 14.8 Å². The zero-order valence-electron chi connectivity index (χ0n) is 13.7. The second-order valence-corrected chi connectivity index (χ2v) is 5.57. The first-order valence-corrected chi connectivity index (χ1v) is 7.52. The summed E-state index contributed by atoms with van der Waals surface area (Å²) in [7, 11) is 0. The summed E-state index contributed by atoms with van der Waals surface area (Å²) in [5.41, 5.74) is 3.04. The predicted molar refractivity (Wildman–Crippen MR) is 91.9 cm³/mol. The fraction of sp³-hybridized carbons (Fsp3) is 0.167. The maximum absolute atomic E-state index is 13.1. The number of hydrogen-bond donors (Lipinski definition) is 1. The van der Waals surface area contributed by atoms with Crippen molar-refractivity contribution in [2.24, 2.45) is 4.99 Å². The van der Waals surface area contributed by atoms with Crippen LogP contribution in [0.1, 0.15) is 23.7 Å². The zero-order chi connectivity index (χ0) is 17.3. The number of aromatic amines is 1. The number of halogens is 1. The molecule has 2 aromatic heterocycles. The molecule has 122 valence electrons. The van der Waals surface area contributed by atoms with Crippen LogP contribution in [-0.4, -0.2) is 20.5 Å². The number of pyridine rings is 1. The van der Waals surface area contributed by atoms with Gasteiger partial charge in [0.2, 0.25) is 0 Å². The van der Waals surface area contributed by atoms with Crippen molar-refractivity contribution in [3.05, 3.63) is 75.6 Å². The first-order chi connectivity index (χ1) is 11.5. The summed E-state index contributed by atoms with van der Waals surface area (Å²) in [6.07, 6.45) is 1.67. The molecule has 5 nitrogen and oxygen atoms in total. The van der Waals surface area contributed by atoms with Crippen LogP contribution in [-0.2, 0) is 0 Å². The van der Waals surface area contributed by atoms with Crippen molar-refractivity contribution in [3.63, 3.8) is 0 Å². The van der Waals surface area contributed by atoms with Crippen LogP contribution in [0.3, 0.4) is 0 Å². The Labute approximate surface area is 138 Å². The van der Waals surface area contributed by atoms with Crippen LogP contribution in [0.5, 0.6) is 0 Å². The summed E-state index contributed by atoms with van der Waals surface area (Å²) >= 11 is 0. The maximum atomic E-state index is 13.1. The number of aromatic nitrogens is 3. The van der Waals surface area contributed by atoms with Crippen LogP contribution in [0.4, 0.5) is 10.2 Å². The fourth-order valence-electron chi connectivity index (χ4n) is 2.55. The van der Waals surface area contributed by atoms with Gasteiger partial charge in [0.25, 0.3) is 5.56 Å². The highest BCUT2D eigenvalue weighted by Gasteiger charge is 2.15. The van der Waals surface area contributed by atoms with Crippen LogP contribution >= 0.6 is 0 Å². The number of nitrogens with one attached hydrogen (secondary N) is 1. The molecule has 6 heteroatoms. The Morgan fingerprint density at radius 3 is 2.58 bits per heavy atom. The molecule has 1 N–H and O–H groups in total. The standard InChI is InChI=1S/C18H17FN4O/c1-11-5-4-10-20-17(11)21-12(2)16-13(3)22-23(18(16)24)15-8-6-14(19)7-9-15/h4-10,22H,1-3H3. The van der Waals surface area contributed by atoms with E-state index >= 15 is 0 Å². The van der Waals surface area contributed by atoms with Crippen molar-refractivity contribution < 1.29 is 4.39 Å². The van der Waals surface area contributed by atoms with Gasteiger partial charge in [0.15, 0.2) is 5.82 Å². The molecule has 0 aliphatic rings. The lowest BCUT2D eigenvalue weighted by Crippen LogP contribution is -2.19. The van der Waals surface area contributed by atoms with Gasteiger partial charge in [0.05, 0.1) is 17.0 Å². The van der Waals surface area contributed by atoms with E-state index in [1.165, 1.54) is 16.8 Å². The van der Waals surface area contributed by atoms with E-state index in [-0.39, 0.29) is 11.4 Å². The van der Waals surface area contributed by atoms with Crippen LogP contribution in [0, 0.1) is 19.7 Å². The van der Waals surface area contributed by atoms with E-state index < -0.39 is 0 Å². The Kier molecular flexibility index (Phi) is 4.12. The van der Waals surface area contributed by atoms with Crippen molar-refractivity contribution in [3.8, 4) is 5.69 Å². The molecule has 0 saturated heterocycles. The topological polar surface area (TPSA) is 63.0 Å². The third-order valence-corrected chi connectivity index (χ3v) is 3.77. The molecule has 0 bridgehead atoms. The molecule has 1 aromatic carbocycles. The molecule has 3 rings (SSSR count). The van der Waals surface area contributed by atoms with E-state index in [4.69, 9.17) is 0 Å². The predicted octanol–water partition coefficient (Wildman–Crippen LogP) is 3.46. The molecule has 0 fully saturated rings. The highest BCUT2D eigenvalue weighted by atomic mass is 19.1. The average Bonchev–Trinajstić information content (AvgIpc) is 2.85. The lowest BCUT2D eigenvalue weighted by atomic mass is 10.1. The van der Waals surface area contributed by atoms with Gasteiger partial charge in [-0.3, -0.25) is 9.89 Å². The number of hydrogen-bond acceptors (Lipinski definition) is 3. The van der Waals surface area contributed by atoms with Crippen molar-refractivity contribution in [2.75, 3.05) is 0 Å². The van der Waals surface area contributed by atoms with Crippen LogP contribution in [0.25, 0.3) is 5.69 Å². The third kappa shape index (κ3) is 2.90. The van der Waals surface area contributed by atoms with E-state index in [1.54, 1.807) is 32.2 Å². The molecule has 0 saturated carbocycles. The van der Waals surface area contributed by atoms with Gasteiger partial charge in [0.1, 0.15) is 5.82 Å². The van der Waals surface area contributed by atoms with Gasteiger partial charge < -0.3 is 0 Å². The van der Waals surface area contributed by atoms with Gasteiger partial charge >= 0.3 is 0 Å². The van der Waals surface area contributed by atoms with Gasteiger partial charge in [0, 0.05) is 11.9 Å². The molecule has 24 heavy (non-hydrogen) atoms. The number of aliphatic imine (C=N–C) groups is 1. The molecule has 3 aromatic rings. The van der Waals surface area contributed by atoms with Crippen LogP contribution in [0.2, 0.25) is 0 Å². The molecule has 0 atom stereocenters. The van der Waals surface area contributed by atoms with Gasteiger partial charge in [-0.05, 0) is 56.7 Å². The minimum atomic E-state index is -0.348. The molecule has 0 amide bonds. The number of nitrogens with zero attached hydrogens (tertiary/aromatic N) is 3. The number of benzene rings is 1. The molecular formula is C18H17FN4O. The second-order valence-electron chi connectivity index (χ2n) is 5.57. The molecule has 0 radical (unpaired) electrons. The van der Waals surface area contributed by atoms with E-state index in [9.17, 15) is 9.18 Å². The van der Waals surface area contributed by atoms with Gasteiger partial charge in [-0.2, -0.15) is 0 Å². The minimum absolute atomic E-state index is 0.228. The lowest BCUT2D eigenvalue weighted by Gasteiger charge is -2.01. The summed E-state index contributed by atoms with van der Waals surface area (Å²) < 4.78 is 14.5. The van der Waals surface area contributed by atoms with Gasteiger partial charge in [-0.25, -0.2) is 19.0 Å². The summed E-state index contributed by atoms with van der Waals surface area (Å²) in [5.74, 6) is 0.238. The average molecular weight is 324 g/mol. The third-order valence-electron chi connectivity index (χ3n) is 3.77. The molecule has 0 aliphatic heterocycles. The second kappa shape index (κ2) is 6.23. The molecule has 0 unspecified atom stereocenters. The number of aryl methyl sites for hydroxylation is 2. The highest BCUT2D eigenvalue weighted by molar-refractivity contribution is 6.00. The Bertz CT molecular complexity index is 967. The van der Waals surface area contributed by atoms with E-state index in [1.807, 2.05) is 19.1 Å². The van der Waals surface area contributed by atoms with Gasteiger partial charge in [-0.15, -0.1) is 0 Å². The summed E-state index contributed by atoms with van der Waals surface area (Å²) in [4.78, 5) is 21.4. The Morgan fingerprint density at radius 2 is 1.92 bits per heavy atom. The number of rotatable bonds is 3. The van der Waals surface area contributed by atoms with Crippen LogP contribution < -0.4 is 5.56 Å². The molecule has 0 spiro atoms. The number of H-pyrrole nitrogens is 1. The van der Waals surface area contributed by atoms with Gasteiger partial charge in [-0.1, -0.05) is 6.07 Å². The lowest BCUT2D eigenvalue weighted by molar-refractivity contribution is 0.627. The Hall–Kier alpha value is -3.02. The highest BCUT2D eigenvalue weighted by Crippen LogP contribution is 2.16. The van der Waals surface area contributed by atoms with E-state index in [0.29, 0.717) is 28.5 Å². The van der Waals surface area contributed by atoms with Crippen molar-refractivity contribution in [1.29, 1.82) is 0 Å². The first kappa shape index (κ1) is 15.9. The molecule has 0 aliphatic carbocycles. The largest absolute Gasteiger partial charge is 0.295 e. The summed E-state index contributed by atoms with van der Waals surface area (Å²) in [6.45, 7) is 5.50.